The molecule has 1 saturated heterocycles. The highest BCUT2D eigenvalue weighted by Crippen LogP contribution is 2.35. The number of hydrogen-bond acceptors (Lipinski definition) is 7. The van der Waals surface area contributed by atoms with Gasteiger partial charge in [0.2, 0.25) is 5.58 Å². The third kappa shape index (κ3) is 2.93. The van der Waals surface area contributed by atoms with E-state index >= 15 is 4.39 Å². The summed E-state index contributed by atoms with van der Waals surface area (Å²) in [6, 6.07) is 1.74. The Morgan fingerprint density at radius 3 is 2.73 bits per heavy atom. The number of aromatic nitrogens is 4. The molecular formula is C17H20FN5O3. The second-order valence-electron chi connectivity index (χ2n) is 6.62. The predicted octanol–water partition coefficient (Wildman–Crippen LogP) is 1.71. The maximum absolute atomic E-state index is 15.3. The maximum Gasteiger partial charge on any atom is 0.204 e. The molecule has 1 aromatic carbocycles. The highest BCUT2D eigenvalue weighted by atomic mass is 19.1. The van der Waals surface area contributed by atoms with Crippen LogP contribution in [0.4, 0.5) is 10.1 Å². The molecule has 1 aliphatic rings. The number of nitrogens with zero attached hydrogens (tertiary/aromatic N) is 5. The number of aliphatic hydroxyl groups is 1. The molecule has 1 fully saturated rings. The molecule has 0 aliphatic carbocycles. The first-order chi connectivity index (χ1) is 12.6. The third-order valence-corrected chi connectivity index (χ3v) is 4.52. The summed E-state index contributed by atoms with van der Waals surface area (Å²) >= 11 is 0. The number of rotatable bonds is 4. The van der Waals surface area contributed by atoms with E-state index < -0.39 is 5.82 Å². The number of benzene rings is 1. The molecule has 0 spiro atoms. The third-order valence-electron chi connectivity index (χ3n) is 4.52. The number of anilines is 1. The standard InChI is InChI=1S/C17H20FN5O3/c1-10-4-22(5-11(2)25-10)16-12(7-24)3-13-14(6-23-9-19-8-20-23)21-26-17(13)15(16)18/h3,8-11,24H,4-7H2,1-2H3/t10-,11+. The summed E-state index contributed by atoms with van der Waals surface area (Å²) in [4.78, 5) is 5.79. The van der Waals surface area contributed by atoms with Gasteiger partial charge >= 0.3 is 0 Å². The molecule has 8 nitrogen and oxygen atoms in total. The summed E-state index contributed by atoms with van der Waals surface area (Å²) in [7, 11) is 0. The Morgan fingerprint density at radius 2 is 2.08 bits per heavy atom. The van der Waals surface area contributed by atoms with Crippen LogP contribution in [0.25, 0.3) is 11.0 Å². The molecule has 3 heterocycles. The molecule has 1 aliphatic heterocycles. The number of morpholine rings is 1. The van der Waals surface area contributed by atoms with E-state index in [2.05, 4.69) is 15.2 Å². The Kier molecular flexibility index (Phi) is 4.33. The Bertz CT molecular complexity index is 901. The minimum atomic E-state index is -0.509. The van der Waals surface area contributed by atoms with Crippen LogP contribution in [0, 0.1) is 5.82 Å². The van der Waals surface area contributed by atoms with Crippen LogP contribution < -0.4 is 4.90 Å². The minimum Gasteiger partial charge on any atom is -0.392 e. The zero-order chi connectivity index (χ0) is 18.3. The van der Waals surface area contributed by atoms with Crippen molar-refractivity contribution in [3.05, 3.63) is 35.8 Å². The van der Waals surface area contributed by atoms with Gasteiger partial charge in [-0.2, -0.15) is 5.10 Å². The van der Waals surface area contributed by atoms with Crippen molar-refractivity contribution in [2.45, 2.75) is 39.2 Å². The molecule has 1 N–H and O–H groups in total. The average molecular weight is 361 g/mol. The number of aliphatic hydroxyl groups excluding tert-OH is 1. The molecular weight excluding hydrogens is 341 g/mol. The Balaban J connectivity index is 1.78. The number of ether oxygens (including phenoxy) is 1. The molecule has 3 aromatic rings. The largest absolute Gasteiger partial charge is 0.392 e. The summed E-state index contributed by atoms with van der Waals surface area (Å²) in [6.07, 6.45) is 2.91. The topological polar surface area (TPSA) is 89.4 Å². The highest BCUT2D eigenvalue weighted by molar-refractivity contribution is 5.86. The first-order valence-corrected chi connectivity index (χ1v) is 8.50. The monoisotopic (exact) mass is 361 g/mol. The fraction of sp³-hybridized carbons (Fsp3) is 0.471. The smallest absolute Gasteiger partial charge is 0.204 e. The molecule has 0 saturated carbocycles. The van der Waals surface area contributed by atoms with Crippen LogP contribution in [0.5, 0.6) is 0 Å². The summed E-state index contributed by atoms with van der Waals surface area (Å²) in [6.45, 7) is 5.00. The number of fused-ring (bicyclic) bond motifs is 1. The van der Waals surface area contributed by atoms with Crippen LogP contribution in [-0.4, -0.2) is 50.3 Å². The summed E-state index contributed by atoms with van der Waals surface area (Å²) < 4.78 is 27.9. The van der Waals surface area contributed by atoms with Crippen molar-refractivity contribution in [3.63, 3.8) is 0 Å². The molecule has 4 rings (SSSR count). The van der Waals surface area contributed by atoms with E-state index in [9.17, 15) is 5.11 Å². The highest BCUT2D eigenvalue weighted by Gasteiger charge is 2.29. The average Bonchev–Trinajstić information content (AvgIpc) is 3.24. The fourth-order valence-electron chi connectivity index (χ4n) is 3.53. The minimum absolute atomic E-state index is 0.0296. The lowest BCUT2D eigenvalue weighted by molar-refractivity contribution is -0.00549. The van der Waals surface area contributed by atoms with Gasteiger partial charge in [-0.15, -0.1) is 0 Å². The van der Waals surface area contributed by atoms with Crippen molar-refractivity contribution < 1.29 is 18.8 Å². The lowest BCUT2D eigenvalue weighted by atomic mass is 10.1. The molecule has 0 unspecified atom stereocenters. The van der Waals surface area contributed by atoms with E-state index in [0.29, 0.717) is 42.0 Å². The van der Waals surface area contributed by atoms with Gasteiger partial charge in [0.1, 0.15) is 18.3 Å². The molecule has 2 aromatic heterocycles. The molecule has 2 atom stereocenters. The van der Waals surface area contributed by atoms with Crippen LogP contribution in [0.2, 0.25) is 0 Å². The van der Waals surface area contributed by atoms with E-state index in [4.69, 9.17) is 9.26 Å². The molecule has 138 valence electrons. The molecule has 0 amide bonds. The van der Waals surface area contributed by atoms with Crippen molar-refractivity contribution in [1.29, 1.82) is 0 Å². The first-order valence-electron chi connectivity index (χ1n) is 8.50. The van der Waals surface area contributed by atoms with Crippen LogP contribution in [-0.2, 0) is 17.9 Å². The summed E-state index contributed by atoms with van der Waals surface area (Å²) in [5.74, 6) is -0.509. The second-order valence-corrected chi connectivity index (χ2v) is 6.62. The van der Waals surface area contributed by atoms with Crippen LogP contribution in [0.15, 0.2) is 23.2 Å². The van der Waals surface area contributed by atoms with Crippen molar-refractivity contribution in [1.82, 2.24) is 19.9 Å². The van der Waals surface area contributed by atoms with Gasteiger partial charge in [-0.3, -0.25) is 0 Å². The van der Waals surface area contributed by atoms with Crippen molar-refractivity contribution in [2.75, 3.05) is 18.0 Å². The van der Waals surface area contributed by atoms with Crippen molar-refractivity contribution in [3.8, 4) is 0 Å². The van der Waals surface area contributed by atoms with Crippen LogP contribution in [0.3, 0.4) is 0 Å². The van der Waals surface area contributed by atoms with Crippen molar-refractivity contribution >= 4 is 16.7 Å². The quantitative estimate of drug-likeness (QED) is 0.757. The Hall–Kier alpha value is -2.52. The second kappa shape index (κ2) is 6.65. The first kappa shape index (κ1) is 16.9. The van der Waals surface area contributed by atoms with E-state index in [0.717, 1.165) is 0 Å². The van der Waals surface area contributed by atoms with Gasteiger partial charge in [-0.25, -0.2) is 14.1 Å². The summed E-state index contributed by atoms with van der Waals surface area (Å²) in [5, 5.41) is 18.4. The van der Waals surface area contributed by atoms with Gasteiger partial charge in [-0.1, -0.05) is 5.16 Å². The Labute approximate surface area is 149 Å². The van der Waals surface area contributed by atoms with Gasteiger partial charge < -0.3 is 19.3 Å². The Morgan fingerprint density at radius 1 is 1.31 bits per heavy atom. The lowest BCUT2D eigenvalue weighted by Gasteiger charge is -2.37. The normalized spacial score (nSPS) is 20.8. The van der Waals surface area contributed by atoms with Gasteiger partial charge in [0.25, 0.3) is 0 Å². The molecule has 26 heavy (non-hydrogen) atoms. The van der Waals surface area contributed by atoms with Gasteiger partial charge in [-0.05, 0) is 19.9 Å². The van der Waals surface area contributed by atoms with Crippen molar-refractivity contribution in [2.24, 2.45) is 0 Å². The van der Waals surface area contributed by atoms with E-state index in [1.807, 2.05) is 18.7 Å². The van der Waals surface area contributed by atoms with Gasteiger partial charge in [0.05, 0.1) is 36.4 Å². The summed E-state index contributed by atoms with van der Waals surface area (Å²) in [5.41, 5.74) is 1.47. The van der Waals surface area contributed by atoms with Gasteiger partial charge in [0, 0.05) is 18.7 Å². The van der Waals surface area contributed by atoms with Crippen LogP contribution in [0.1, 0.15) is 25.1 Å². The van der Waals surface area contributed by atoms with Gasteiger partial charge in [0.15, 0.2) is 5.82 Å². The predicted molar refractivity (Wildman–Crippen MR) is 91.2 cm³/mol. The molecule has 9 heteroatoms. The van der Waals surface area contributed by atoms with E-state index in [-0.39, 0.29) is 24.4 Å². The maximum atomic E-state index is 15.3. The lowest BCUT2D eigenvalue weighted by Crippen LogP contribution is -2.46. The number of hydrogen-bond donors (Lipinski definition) is 1. The zero-order valence-corrected chi connectivity index (χ0v) is 14.6. The molecule has 0 radical (unpaired) electrons. The van der Waals surface area contributed by atoms with Crippen LogP contribution >= 0.6 is 0 Å². The zero-order valence-electron chi connectivity index (χ0n) is 14.6. The fourth-order valence-corrected chi connectivity index (χ4v) is 3.53. The van der Waals surface area contributed by atoms with E-state index in [1.54, 1.807) is 17.1 Å². The van der Waals surface area contributed by atoms with E-state index in [1.165, 1.54) is 6.33 Å². The SMILES string of the molecule is C[C@@H]1CN(c2c(CO)cc3c(Cn4cncn4)noc3c2F)C[C@H](C)O1. The molecule has 0 bridgehead atoms. The number of halogens is 1.